The van der Waals surface area contributed by atoms with Crippen molar-refractivity contribution in [2.24, 2.45) is 0 Å². The second kappa shape index (κ2) is 10.6. The van der Waals surface area contributed by atoms with Crippen molar-refractivity contribution < 1.29 is 23.5 Å². The molecule has 3 amide bonds. The van der Waals surface area contributed by atoms with Crippen LogP contribution in [0.4, 0.5) is 10.5 Å². The molecule has 0 spiro atoms. The molecule has 27 heavy (non-hydrogen) atoms. The van der Waals surface area contributed by atoms with Crippen LogP contribution in [0.5, 0.6) is 0 Å². The Morgan fingerprint density at radius 3 is 2.67 bits per heavy atom. The van der Waals surface area contributed by atoms with Gasteiger partial charge >= 0.3 is 12.0 Å². The van der Waals surface area contributed by atoms with Gasteiger partial charge in [-0.15, -0.1) is 0 Å². The van der Waals surface area contributed by atoms with E-state index in [4.69, 9.17) is 9.15 Å². The number of esters is 1. The van der Waals surface area contributed by atoms with Crippen molar-refractivity contribution in [2.75, 3.05) is 18.5 Å². The molecule has 0 atom stereocenters. The summed E-state index contributed by atoms with van der Waals surface area (Å²) in [6.45, 7) is 2.39. The van der Waals surface area contributed by atoms with Gasteiger partial charge in [-0.3, -0.25) is 10.1 Å². The smallest absolute Gasteiger partial charge is 0.340 e. The lowest BCUT2D eigenvalue weighted by Crippen LogP contribution is -2.41. The lowest BCUT2D eigenvalue weighted by molar-refractivity contribution is -0.123. The summed E-state index contributed by atoms with van der Waals surface area (Å²) < 4.78 is 10.1. The van der Waals surface area contributed by atoms with Gasteiger partial charge in [0, 0.05) is 12.2 Å². The topological polar surface area (TPSA) is 110 Å². The van der Waals surface area contributed by atoms with E-state index in [1.807, 2.05) is 0 Å². The molecule has 8 nitrogen and oxygen atoms in total. The molecule has 0 bridgehead atoms. The minimum atomic E-state index is -0.725. The number of imide groups is 1. The van der Waals surface area contributed by atoms with Crippen molar-refractivity contribution in [2.45, 2.75) is 26.3 Å². The predicted molar refractivity (Wildman–Crippen MR) is 99.2 cm³/mol. The number of hydrogen-bond acceptors (Lipinski definition) is 6. The van der Waals surface area contributed by atoms with E-state index >= 15 is 0 Å². The second-order valence-electron chi connectivity index (χ2n) is 5.71. The van der Waals surface area contributed by atoms with Crippen molar-refractivity contribution in [3.63, 3.8) is 0 Å². The van der Waals surface area contributed by atoms with Gasteiger partial charge in [0.05, 0.1) is 18.4 Å². The van der Waals surface area contributed by atoms with Crippen molar-refractivity contribution in [1.82, 2.24) is 10.6 Å². The number of benzene rings is 1. The molecule has 0 saturated carbocycles. The maximum atomic E-state index is 12.2. The van der Waals surface area contributed by atoms with Gasteiger partial charge in [-0.1, -0.05) is 25.5 Å². The summed E-state index contributed by atoms with van der Waals surface area (Å²) in [5, 5.41) is 7.71. The highest BCUT2D eigenvalue weighted by atomic mass is 16.5. The van der Waals surface area contributed by atoms with Crippen LogP contribution < -0.4 is 16.0 Å². The van der Waals surface area contributed by atoms with Gasteiger partial charge in [0.25, 0.3) is 5.91 Å². The Kier molecular flexibility index (Phi) is 7.90. The van der Waals surface area contributed by atoms with Crippen LogP contribution in [0.1, 0.15) is 35.9 Å². The van der Waals surface area contributed by atoms with Gasteiger partial charge in [-0.2, -0.15) is 0 Å². The SMILES string of the molecule is CCCCNc1ccccc1C(=O)OCC(=O)NC(=O)NCc1ccco1. The van der Waals surface area contributed by atoms with Gasteiger partial charge < -0.3 is 19.8 Å². The standard InChI is InChI=1S/C19H23N3O5/c1-2-3-10-20-16-9-5-4-8-15(16)18(24)27-13-17(23)22-19(25)21-12-14-7-6-11-26-14/h4-9,11,20H,2-3,10,12-13H2,1H3,(H2,21,22,23,25). The Morgan fingerprint density at radius 2 is 1.93 bits per heavy atom. The first-order valence-electron chi connectivity index (χ1n) is 8.70. The average Bonchev–Trinajstić information content (AvgIpc) is 3.19. The zero-order valence-corrected chi connectivity index (χ0v) is 15.1. The molecule has 8 heteroatoms. The van der Waals surface area contributed by atoms with Gasteiger partial charge in [-0.05, 0) is 30.7 Å². The number of hydrogen-bond donors (Lipinski definition) is 3. The minimum Gasteiger partial charge on any atom is -0.467 e. The fourth-order valence-corrected chi connectivity index (χ4v) is 2.21. The van der Waals surface area contributed by atoms with Crippen molar-refractivity contribution in [3.05, 3.63) is 54.0 Å². The number of nitrogens with one attached hydrogen (secondary N) is 3. The molecular formula is C19H23N3O5. The summed E-state index contributed by atoms with van der Waals surface area (Å²) in [4.78, 5) is 35.6. The van der Waals surface area contributed by atoms with Gasteiger partial charge in [0.15, 0.2) is 6.61 Å². The number of ether oxygens (including phenoxy) is 1. The number of urea groups is 1. The van der Waals surface area contributed by atoms with Gasteiger partial charge in [0.1, 0.15) is 5.76 Å². The third-order valence-electron chi connectivity index (χ3n) is 3.58. The first kappa shape index (κ1) is 20.0. The summed E-state index contributed by atoms with van der Waals surface area (Å²) in [5.41, 5.74) is 0.983. The predicted octanol–water partition coefficient (Wildman–Crippen LogP) is 2.67. The third-order valence-corrected chi connectivity index (χ3v) is 3.58. The number of unbranched alkanes of at least 4 members (excludes halogenated alkanes) is 1. The van der Waals surface area contributed by atoms with E-state index in [1.54, 1.807) is 36.4 Å². The summed E-state index contributed by atoms with van der Waals surface area (Å²) in [7, 11) is 0. The third kappa shape index (κ3) is 6.85. The number of rotatable bonds is 9. The molecule has 0 aliphatic carbocycles. The Morgan fingerprint density at radius 1 is 1.11 bits per heavy atom. The highest BCUT2D eigenvalue weighted by Gasteiger charge is 2.15. The maximum Gasteiger partial charge on any atom is 0.340 e. The van der Waals surface area contributed by atoms with E-state index in [9.17, 15) is 14.4 Å². The van der Waals surface area contributed by atoms with Crippen LogP contribution in [0.2, 0.25) is 0 Å². The number of amides is 3. The quantitative estimate of drug-likeness (QED) is 0.460. The minimum absolute atomic E-state index is 0.142. The zero-order valence-electron chi connectivity index (χ0n) is 15.1. The van der Waals surface area contributed by atoms with E-state index in [2.05, 4.69) is 22.9 Å². The average molecular weight is 373 g/mol. The summed E-state index contributed by atoms with van der Waals surface area (Å²) in [5.74, 6) is -0.811. The first-order chi connectivity index (χ1) is 13.1. The lowest BCUT2D eigenvalue weighted by Gasteiger charge is -2.11. The van der Waals surface area contributed by atoms with Crippen LogP contribution in [0.15, 0.2) is 47.1 Å². The van der Waals surface area contributed by atoms with Crippen molar-refractivity contribution in [1.29, 1.82) is 0 Å². The van der Waals surface area contributed by atoms with Crippen LogP contribution in [0, 0.1) is 0 Å². The van der Waals surface area contributed by atoms with E-state index < -0.39 is 24.5 Å². The van der Waals surface area contributed by atoms with Crippen LogP contribution in [0.3, 0.4) is 0 Å². The fourth-order valence-electron chi connectivity index (χ4n) is 2.21. The number of anilines is 1. The molecule has 1 aromatic heterocycles. The van der Waals surface area contributed by atoms with Crippen molar-refractivity contribution >= 4 is 23.6 Å². The normalized spacial score (nSPS) is 10.1. The summed E-state index contributed by atoms with van der Waals surface area (Å²) in [6.07, 6.45) is 3.48. The molecule has 0 aliphatic rings. The molecule has 1 heterocycles. The number of carbonyl (C=O) groups excluding carboxylic acids is 3. The molecule has 1 aromatic carbocycles. The van der Waals surface area contributed by atoms with Crippen LogP contribution in [-0.2, 0) is 16.1 Å². The van der Waals surface area contributed by atoms with Gasteiger partial charge in [0.2, 0.25) is 0 Å². The van der Waals surface area contributed by atoms with E-state index in [0.29, 0.717) is 17.0 Å². The van der Waals surface area contributed by atoms with Crippen LogP contribution >= 0.6 is 0 Å². The Balaban J connectivity index is 1.77. The molecule has 0 radical (unpaired) electrons. The van der Waals surface area contributed by atoms with Crippen LogP contribution in [-0.4, -0.2) is 31.1 Å². The summed E-state index contributed by atoms with van der Waals surface area (Å²) in [6, 6.07) is 9.59. The molecule has 0 fully saturated rings. The molecule has 0 unspecified atom stereocenters. The fraction of sp³-hybridized carbons (Fsp3) is 0.316. The molecule has 144 valence electrons. The Bertz CT molecular complexity index is 758. The summed E-state index contributed by atoms with van der Waals surface area (Å²) >= 11 is 0. The molecular weight excluding hydrogens is 350 g/mol. The van der Waals surface area contributed by atoms with E-state index in [0.717, 1.165) is 19.4 Å². The monoisotopic (exact) mass is 373 g/mol. The maximum absolute atomic E-state index is 12.2. The first-order valence-corrected chi connectivity index (χ1v) is 8.70. The van der Waals surface area contributed by atoms with E-state index in [1.165, 1.54) is 6.26 Å². The molecule has 2 aromatic rings. The second-order valence-corrected chi connectivity index (χ2v) is 5.71. The highest BCUT2D eigenvalue weighted by molar-refractivity contribution is 5.99. The zero-order chi connectivity index (χ0) is 19.5. The van der Waals surface area contributed by atoms with E-state index in [-0.39, 0.29) is 6.54 Å². The lowest BCUT2D eigenvalue weighted by atomic mass is 10.1. The molecule has 2 rings (SSSR count). The molecule has 0 saturated heterocycles. The Labute approximate surface area is 157 Å². The molecule has 0 aliphatic heterocycles. The van der Waals surface area contributed by atoms with Crippen molar-refractivity contribution in [3.8, 4) is 0 Å². The highest BCUT2D eigenvalue weighted by Crippen LogP contribution is 2.16. The van der Waals surface area contributed by atoms with Crippen LogP contribution in [0.25, 0.3) is 0 Å². The molecule has 3 N–H and O–H groups in total. The Hall–Kier alpha value is -3.29. The number of furan rings is 1. The number of carbonyl (C=O) groups is 3. The van der Waals surface area contributed by atoms with Gasteiger partial charge in [-0.25, -0.2) is 9.59 Å². The number of para-hydroxylation sites is 1. The largest absolute Gasteiger partial charge is 0.467 e.